The Labute approximate surface area is 105 Å². The fraction of sp³-hybridized carbons (Fsp3) is 1.00. The maximum atomic E-state index is 11.6. The monoisotopic (exact) mass is 263 g/mol. The third-order valence-electron chi connectivity index (χ3n) is 3.62. The van der Waals surface area contributed by atoms with Crippen LogP contribution in [-0.4, -0.2) is 55.7 Å². The summed E-state index contributed by atoms with van der Waals surface area (Å²) in [6.45, 7) is 3.87. The Morgan fingerprint density at radius 2 is 2.00 bits per heavy atom. The van der Waals surface area contributed by atoms with Crippen LogP contribution in [0, 0.1) is 0 Å². The molecule has 1 fully saturated rings. The Hall–Kier alpha value is -0.130. The second-order valence-electron chi connectivity index (χ2n) is 5.03. The van der Waals surface area contributed by atoms with E-state index in [2.05, 4.69) is 11.8 Å². The molecule has 5 heteroatoms. The van der Waals surface area contributed by atoms with Crippen LogP contribution in [0.4, 0.5) is 0 Å². The van der Waals surface area contributed by atoms with E-state index in [4.69, 9.17) is 5.11 Å². The van der Waals surface area contributed by atoms with Gasteiger partial charge in [0.1, 0.15) is 9.84 Å². The SMILES string of the molecule is CCCN(CCO)C1CCCC(S(C)(=O)=O)C1. The zero-order valence-electron chi connectivity index (χ0n) is 10.9. The van der Waals surface area contributed by atoms with Gasteiger partial charge in [-0.1, -0.05) is 13.3 Å². The van der Waals surface area contributed by atoms with Gasteiger partial charge in [-0.25, -0.2) is 8.42 Å². The Morgan fingerprint density at radius 3 is 2.53 bits per heavy atom. The maximum Gasteiger partial charge on any atom is 0.150 e. The molecule has 102 valence electrons. The number of rotatable bonds is 6. The van der Waals surface area contributed by atoms with E-state index in [1.807, 2.05) is 0 Å². The minimum absolute atomic E-state index is 0.153. The first-order chi connectivity index (χ1) is 7.99. The van der Waals surface area contributed by atoms with Crippen LogP contribution in [0.25, 0.3) is 0 Å². The molecule has 17 heavy (non-hydrogen) atoms. The van der Waals surface area contributed by atoms with Crippen LogP contribution >= 0.6 is 0 Å². The second-order valence-corrected chi connectivity index (χ2v) is 7.36. The van der Waals surface area contributed by atoms with Gasteiger partial charge in [0.15, 0.2) is 0 Å². The van der Waals surface area contributed by atoms with Crippen LogP contribution in [0.5, 0.6) is 0 Å². The van der Waals surface area contributed by atoms with E-state index in [0.29, 0.717) is 12.6 Å². The lowest BCUT2D eigenvalue weighted by Crippen LogP contribution is -2.43. The number of aliphatic hydroxyl groups is 1. The molecule has 0 aromatic heterocycles. The molecule has 0 aromatic carbocycles. The van der Waals surface area contributed by atoms with Gasteiger partial charge in [0.05, 0.1) is 11.9 Å². The molecule has 2 unspecified atom stereocenters. The molecular weight excluding hydrogens is 238 g/mol. The van der Waals surface area contributed by atoms with Gasteiger partial charge in [-0.2, -0.15) is 0 Å². The van der Waals surface area contributed by atoms with Crippen LogP contribution in [0.15, 0.2) is 0 Å². The quantitative estimate of drug-likeness (QED) is 0.778. The number of aliphatic hydroxyl groups excluding tert-OH is 1. The summed E-state index contributed by atoms with van der Waals surface area (Å²) < 4.78 is 23.2. The minimum atomic E-state index is -2.91. The Kier molecular flexibility index (Phi) is 5.89. The van der Waals surface area contributed by atoms with Crippen molar-refractivity contribution in [2.45, 2.75) is 50.3 Å². The molecule has 1 rings (SSSR count). The predicted octanol–water partition coefficient (Wildman–Crippen LogP) is 1.05. The van der Waals surface area contributed by atoms with Gasteiger partial charge >= 0.3 is 0 Å². The highest BCUT2D eigenvalue weighted by atomic mass is 32.2. The first kappa shape index (κ1) is 14.9. The lowest BCUT2D eigenvalue weighted by atomic mass is 9.93. The van der Waals surface area contributed by atoms with Gasteiger partial charge in [-0.15, -0.1) is 0 Å². The molecule has 0 spiro atoms. The van der Waals surface area contributed by atoms with E-state index >= 15 is 0 Å². The molecule has 0 aliphatic heterocycles. The van der Waals surface area contributed by atoms with Crippen LogP contribution in [0.3, 0.4) is 0 Å². The Bertz CT molecular complexity index is 310. The van der Waals surface area contributed by atoms with Crippen molar-refractivity contribution in [2.24, 2.45) is 0 Å². The molecule has 0 heterocycles. The largest absolute Gasteiger partial charge is 0.395 e. The summed E-state index contributed by atoms with van der Waals surface area (Å²) in [5.41, 5.74) is 0. The third-order valence-corrected chi connectivity index (χ3v) is 5.26. The summed E-state index contributed by atoms with van der Waals surface area (Å²) in [4.78, 5) is 2.25. The van der Waals surface area contributed by atoms with E-state index in [1.165, 1.54) is 6.26 Å². The zero-order valence-corrected chi connectivity index (χ0v) is 11.7. The highest BCUT2D eigenvalue weighted by molar-refractivity contribution is 7.91. The summed E-state index contributed by atoms with van der Waals surface area (Å²) >= 11 is 0. The second kappa shape index (κ2) is 6.71. The summed E-state index contributed by atoms with van der Waals surface area (Å²) in [6.07, 6.45) is 5.96. The molecule has 2 atom stereocenters. The van der Waals surface area contributed by atoms with Crippen molar-refractivity contribution in [2.75, 3.05) is 26.0 Å². The molecule has 1 aliphatic rings. The van der Waals surface area contributed by atoms with Gasteiger partial charge < -0.3 is 5.11 Å². The highest BCUT2D eigenvalue weighted by Crippen LogP contribution is 2.27. The van der Waals surface area contributed by atoms with E-state index in [0.717, 1.165) is 38.6 Å². The molecule has 0 radical (unpaired) electrons. The molecule has 1 saturated carbocycles. The van der Waals surface area contributed by atoms with E-state index in [1.54, 1.807) is 0 Å². The van der Waals surface area contributed by atoms with Crippen molar-refractivity contribution in [3.63, 3.8) is 0 Å². The lowest BCUT2D eigenvalue weighted by Gasteiger charge is -2.36. The molecule has 1 N–H and O–H groups in total. The molecule has 0 saturated heterocycles. The third kappa shape index (κ3) is 4.56. The fourth-order valence-corrected chi connectivity index (χ4v) is 3.90. The number of sulfone groups is 1. The summed E-state index contributed by atoms with van der Waals surface area (Å²) in [5.74, 6) is 0. The summed E-state index contributed by atoms with van der Waals surface area (Å²) in [6, 6.07) is 0.329. The van der Waals surface area contributed by atoms with Crippen LogP contribution in [0.2, 0.25) is 0 Å². The van der Waals surface area contributed by atoms with Gasteiger partial charge in [-0.05, 0) is 32.2 Å². The first-order valence-corrected chi connectivity index (χ1v) is 8.48. The highest BCUT2D eigenvalue weighted by Gasteiger charge is 2.31. The topological polar surface area (TPSA) is 57.6 Å². The average molecular weight is 263 g/mol. The van der Waals surface area contributed by atoms with Gasteiger partial charge in [-0.3, -0.25) is 4.90 Å². The van der Waals surface area contributed by atoms with Crippen molar-refractivity contribution < 1.29 is 13.5 Å². The van der Waals surface area contributed by atoms with Crippen molar-refractivity contribution >= 4 is 9.84 Å². The normalized spacial score (nSPS) is 26.4. The molecule has 1 aliphatic carbocycles. The van der Waals surface area contributed by atoms with Crippen molar-refractivity contribution in [3.05, 3.63) is 0 Å². The Morgan fingerprint density at radius 1 is 1.29 bits per heavy atom. The van der Waals surface area contributed by atoms with Crippen LogP contribution in [-0.2, 0) is 9.84 Å². The maximum absolute atomic E-state index is 11.6. The summed E-state index contributed by atoms with van der Waals surface area (Å²) in [5, 5.41) is 8.88. The standard InChI is InChI=1S/C12H25NO3S/c1-3-7-13(8-9-14)11-5-4-6-12(10-11)17(2,15)16/h11-12,14H,3-10H2,1-2H3. The molecule has 0 aromatic rings. The number of hydrogen-bond acceptors (Lipinski definition) is 4. The van der Waals surface area contributed by atoms with Crippen LogP contribution < -0.4 is 0 Å². The van der Waals surface area contributed by atoms with Gasteiger partial charge in [0.25, 0.3) is 0 Å². The molecule has 0 bridgehead atoms. The first-order valence-electron chi connectivity index (χ1n) is 6.52. The molecule has 0 amide bonds. The molecular formula is C12H25NO3S. The number of hydrogen-bond donors (Lipinski definition) is 1. The predicted molar refractivity (Wildman–Crippen MR) is 69.8 cm³/mol. The minimum Gasteiger partial charge on any atom is -0.395 e. The van der Waals surface area contributed by atoms with Crippen molar-refractivity contribution in [1.82, 2.24) is 4.90 Å². The average Bonchev–Trinajstić information content (AvgIpc) is 2.28. The van der Waals surface area contributed by atoms with Crippen LogP contribution in [0.1, 0.15) is 39.0 Å². The van der Waals surface area contributed by atoms with Gasteiger partial charge in [0, 0.05) is 18.8 Å². The van der Waals surface area contributed by atoms with E-state index in [9.17, 15) is 8.42 Å². The fourth-order valence-electron chi connectivity index (χ4n) is 2.73. The van der Waals surface area contributed by atoms with E-state index in [-0.39, 0.29) is 11.9 Å². The number of nitrogens with zero attached hydrogens (tertiary/aromatic N) is 1. The summed E-state index contributed by atoms with van der Waals surface area (Å²) in [7, 11) is -2.91. The van der Waals surface area contributed by atoms with E-state index < -0.39 is 9.84 Å². The van der Waals surface area contributed by atoms with Gasteiger partial charge in [0.2, 0.25) is 0 Å². The zero-order chi connectivity index (χ0) is 12.9. The lowest BCUT2D eigenvalue weighted by molar-refractivity contribution is 0.125. The molecule has 4 nitrogen and oxygen atoms in total. The van der Waals surface area contributed by atoms with Crippen molar-refractivity contribution in [3.8, 4) is 0 Å². The smallest absolute Gasteiger partial charge is 0.150 e. The van der Waals surface area contributed by atoms with Crippen molar-refractivity contribution in [1.29, 1.82) is 0 Å². The Balaban J connectivity index is 2.63.